The molecule has 21 heavy (non-hydrogen) atoms. The van der Waals surface area contributed by atoms with Crippen molar-refractivity contribution >= 4 is 6.03 Å². The molecule has 1 aliphatic carbocycles. The van der Waals surface area contributed by atoms with Gasteiger partial charge in [-0.2, -0.15) is 0 Å². The Labute approximate surface area is 126 Å². The first-order chi connectivity index (χ1) is 10.0. The van der Waals surface area contributed by atoms with Crippen LogP contribution in [0.3, 0.4) is 0 Å². The van der Waals surface area contributed by atoms with E-state index in [-0.39, 0.29) is 6.03 Å². The summed E-state index contributed by atoms with van der Waals surface area (Å²) in [6.07, 6.45) is 2.98. The van der Waals surface area contributed by atoms with E-state index in [0.717, 1.165) is 19.4 Å². The lowest BCUT2D eigenvalue weighted by molar-refractivity contribution is 0.0717. The Morgan fingerprint density at radius 1 is 1.38 bits per heavy atom. The highest BCUT2D eigenvalue weighted by Gasteiger charge is 2.35. The maximum absolute atomic E-state index is 12.0. The molecule has 3 rings (SSSR count). The smallest absolute Gasteiger partial charge is 0.317 e. The number of nitrogens with zero attached hydrogens (tertiary/aromatic N) is 1. The van der Waals surface area contributed by atoms with Crippen LogP contribution in [-0.2, 0) is 0 Å². The van der Waals surface area contributed by atoms with Crippen LogP contribution in [0.15, 0.2) is 30.3 Å². The minimum absolute atomic E-state index is 0.0315. The molecule has 2 aliphatic rings. The summed E-state index contributed by atoms with van der Waals surface area (Å²) < 4.78 is 0. The lowest BCUT2D eigenvalue weighted by Gasteiger charge is -2.36. The van der Waals surface area contributed by atoms with Gasteiger partial charge in [0.2, 0.25) is 0 Å². The number of hydrogen-bond donors (Lipinski definition) is 2. The fraction of sp³-hybridized carbons (Fsp3) is 0.588. The van der Waals surface area contributed by atoms with Crippen molar-refractivity contribution in [3.63, 3.8) is 0 Å². The molecule has 1 aliphatic heterocycles. The molecule has 0 unspecified atom stereocenters. The van der Waals surface area contributed by atoms with Gasteiger partial charge in [-0.15, -0.1) is 0 Å². The SMILES string of the molecule is C[C@]1(O)CCN(C(=O)NCC2CC(c3ccccc3)C2)C1. The van der Waals surface area contributed by atoms with Crippen LogP contribution >= 0.6 is 0 Å². The van der Waals surface area contributed by atoms with Gasteiger partial charge in [-0.05, 0) is 43.6 Å². The predicted octanol–water partition coefficient (Wildman–Crippen LogP) is 2.35. The number of β-amino-alcohol motifs (C(OH)–C–C–N with tert-alkyl or cyclic N) is 1. The van der Waals surface area contributed by atoms with E-state index in [9.17, 15) is 9.90 Å². The summed E-state index contributed by atoms with van der Waals surface area (Å²) in [6.45, 7) is 3.63. The molecule has 2 fully saturated rings. The first-order valence-corrected chi connectivity index (χ1v) is 7.84. The van der Waals surface area contributed by atoms with E-state index in [4.69, 9.17) is 0 Å². The van der Waals surface area contributed by atoms with Crippen LogP contribution in [0.4, 0.5) is 4.79 Å². The minimum atomic E-state index is -0.716. The van der Waals surface area contributed by atoms with Gasteiger partial charge in [0.05, 0.1) is 12.1 Å². The third-order valence-corrected chi connectivity index (χ3v) is 4.79. The number of benzene rings is 1. The van der Waals surface area contributed by atoms with Gasteiger partial charge in [0.15, 0.2) is 0 Å². The molecule has 1 saturated carbocycles. The molecule has 4 nitrogen and oxygen atoms in total. The van der Waals surface area contributed by atoms with Gasteiger partial charge in [0, 0.05) is 13.1 Å². The molecular formula is C17H24N2O2. The zero-order valence-corrected chi connectivity index (χ0v) is 12.6. The molecule has 0 bridgehead atoms. The average molecular weight is 288 g/mol. The van der Waals surface area contributed by atoms with Crippen molar-refractivity contribution in [3.8, 4) is 0 Å². The number of urea groups is 1. The molecule has 1 heterocycles. The van der Waals surface area contributed by atoms with Crippen molar-refractivity contribution in [3.05, 3.63) is 35.9 Å². The van der Waals surface area contributed by atoms with Crippen LogP contribution in [0.1, 0.15) is 37.7 Å². The second-order valence-corrected chi connectivity index (χ2v) is 6.80. The molecule has 4 heteroatoms. The van der Waals surface area contributed by atoms with Crippen molar-refractivity contribution in [2.75, 3.05) is 19.6 Å². The van der Waals surface area contributed by atoms with Crippen molar-refractivity contribution in [2.45, 2.75) is 37.7 Å². The lowest BCUT2D eigenvalue weighted by Crippen LogP contribution is -2.43. The maximum Gasteiger partial charge on any atom is 0.317 e. The minimum Gasteiger partial charge on any atom is -0.388 e. The van der Waals surface area contributed by atoms with Crippen molar-refractivity contribution in [1.82, 2.24) is 10.2 Å². The summed E-state index contributed by atoms with van der Waals surface area (Å²) in [5.74, 6) is 1.24. The summed E-state index contributed by atoms with van der Waals surface area (Å²) in [5.41, 5.74) is 0.697. The van der Waals surface area contributed by atoms with Gasteiger partial charge >= 0.3 is 6.03 Å². The number of carbonyl (C=O) groups excluding carboxylic acids is 1. The highest BCUT2D eigenvalue weighted by molar-refractivity contribution is 5.74. The van der Waals surface area contributed by atoms with Gasteiger partial charge in [0.25, 0.3) is 0 Å². The number of hydrogen-bond acceptors (Lipinski definition) is 2. The number of rotatable bonds is 3. The molecule has 2 amide bonds. The van der Waals surface area contributed by atoms with E-state index in [1.54, 1.807) is 11.8 Å². The predicted molar refractivity (Wildman–Crippen MR) is 82.1 cm³/mol. The van der Waals surface area contributed by atoms with Crippen LogP contribution in [0.25, 0.3) is 0 Å². The molecule has 1 atom stereocenters. The molecule has 114 valence electrons. The molecule has 2 N–H and O–H groups in total. The second kappa shape index (κ2) is 5.68. The van der Waals surface area contributed by atoms with Crippen LogP contribution in [0.2, 0.25) is 0 Å². The molecule has 1 saturated heterocycles. The quantitative estimate of drug-likeness (QED) is 0.897. The topological polar surface area (TPSA) is 52.6 Å². The maximum atomic E-state index is 12.0. The molecule has 0 radical (unpaired) electrons. The first-order valence-electron chi connectivity index (χ1n) is 7.84. The summed E-state index contributed by atoms with van der Waals surface area (Å²) in [5, 5.41) is 12.9. The van der Waals surface area contributed by atoms with E-state index in [0.29, 0.717) is 31.3 Å². The standard InChI is InChI=1S/C17H24N2O2/c1-17(21)7-8-19(12-17)16(20)18-11-13-9-15(10-13)14-5-3-2-4-6-14/h2-6,13,15,21H,7-12H2,1H3,(H,18,20)/t13?,15?,17-/m0/s1. The molecule has 1 aromatic carbocycles. The van der Waals surface area contributed by atoms with Gasteiger partial charge in [-0.3, -0.25) is 0 Å². The number of amides is 2. The Hall–Kier alpha value is -1.55. The third-order valence-electron chi connectivity index (χ3n) is 4.79. The average Bonchev–Trinajstić information content (AvgIpc) is 2.78. The zero-order valence-electron chi connectivity index (χ0n) is 12.6. The van der Waals surface area contributed by atoms with E-state index in [2.05, 4.69) is 29.6 Å². The van der Waals surface area contributed by atoms with E-state index < -0.39 is 5.60 Å². The normalized spacial score (nSPS) is 31.8. The molecule has 1 aromatic rings. The first kappa shape index (κ1) is 14.4. The Bertz CT molecular complexity index is 495. The summed E-state index contributed by atoms with van der Waals surface area (Å²) in [7, 11) is 0. The van der Waals surface area contributed by atoms with Gasteiger partial charge in [0.1, 0.15) is 0 Å². The van der Waals surface area contributed by atoms with Crippen LogP contribution < -0.4 is 5.32 Å². The van der Waals surface area contributed by atoms with Gasteiger partial charge < -0.3 is 15.3 Å². The molecule has 0 aromatic heterocycles. The number of likely N-dealkylation sites (tertiary alicyclic amines) is 1. The highest BCUT2D eigenvalue weighted by Crippen LogP contribution is 2.41. The molecular weight excluding hydrogens is 264 g/mol. The van der Waals surface area contributed by atoms with Crippen LogP contribution in [-0.4, -0.2) is 41.3 Å². The fourth-order valence-corrected chi connectivity index (χ4v) is 3.36. The number of aliphatic hydroxyl groups is 1. The summed E-state index contributed by atoms with van der Waals surface area (Å²) in [6, 6.07) is 10.6. The van der Waals surface area contributed by atoms with E-state index >= 15 is 0 Å². The Kier molecular flexibility index (Phi) is 3.89. The van der Waals surface area contributed by atoms with Gasteiger partial charge in [-0.25, -0.2) is 4.79 Å². The van der Waals surface area contributed by atoms with Crippen molar-refractivity contribution in [1.29, 1.82) is 0 Å². The van der Waals surface area contributed by atoms with E-state index in [1.807, 2.05) is 6.07 Å². The number of nitrogens with one attached hydrogen (secondary N) is 1. The monoisotopic (exact) mass is 288 g/mol. The number of carbonyl (C=O) groups is 1. The zero-order chi connectivity index (χ0) is 14.9. The largest absolute Gasteiger partial charge is 0.388 e. The van der Waals surface area contributed by atoms with Gasteiger partial charge in [-0.1, -0.05) is 30.3 Å². The highest BCUT2D eigenvalue weighted by atomic mass is 16.3. The Balaban J connectivity index is 1.39. The van der Waals surface area contributed by atoms with Crippen LogP contribution in [0.5, 0.6) is 0 Å². The Morgan fingerprint density at radius 2 is 2.10 bits per heavy atom. The summed E-state index contributed by atoms with van der Waals surface area (Å²) in [4.78, 5) is 13.7. The fourth-order valence-electron chi connectivity index (χ4n) is 3.36. The lowest BCUT2D eigenvalue weighted by atomic mass is 9.71. The van der Waals surface area contributed by atoms with Crippen molar-refractivity contribution in [2.24, 2.45) is 5.92 Å². The second-order valence-electron chi connectivity index (χ2n) is 6.80. The van der Waals surface area contributed by atoms with Crippen molar-refractivity contribution < 1.29 is 9.90 Å². The third kappa shape index (κ3) is 3.38. The summed E-state index contributed by atoms with van der Waals surface area (Å²) >= 11 is 0. The Morgan fingerprint density at radius 3 is 2.71 bits per heavy atom. The van der Waals surface area contributed by atoms with E-state index in [1.165, 1.54) is 5.56 Å². The molecule has 0 spiro atoms. The van der Waals surface area contributed by atoms with Crippen LogP contribution in [0, 0.1) is 5.92 Å².